The van der Waals surface area contributed by atoms with Crippen LogP contribution in [0.2, 0.25) is 0 Å². The first-order valence-corrected chi connectivity index (χ1v) is 3.30. The Morgan fingerprint density at radius 3 is 2.78 bits per heavy atom. The molecule has 1 unspecified atom stereocenters. The van der Waals surface area contributed by atoms with Crippen molar-refractivity contribution in [1.82, 2.24) is 5.32 Å². The van der Waals surface area contributed by atoms with E-state index in [9.17, 15) is 4.39 Å². The maximum absolute atomic E-state index is 11.6. The maximum atomic E-state index is 11.6. The summed E-state index contributed by atoms with van der Waals surface area (Å²) >= 11 is 0. The lowest BCUT2D eigenvalue weighted by Crippen LogP contribution is -2.29. The second-order valence-corrected chi connectivity index (χ2v) is 2.49. The average Bonchev–Trinajstić information content (AvgIpc) is 2.65. The fraction of sp³-hybridized carbons (Fsp3) is 1.00. The molecule has 1 fully saturated rings. The van der Waals surface area contributed by atoms with E-state index in [0.29, 0.717) is 12.6 Å². The summed E-state index contributed by atoms with van der Waals surface area (Å²) in [4.78, 5) is 0. The molecule has 0 amide bonds. The third-order valence-corrected chi connectivity index (χ3v) is 1.40. The number of halogens is 1. The molecule has 3 heteroatoms. The van der Waals surface area contributed by atoms with Gasteiger partial charge in [0, 0.05) is 12.6 Å². The van der Waals surface area contributed by atoms with Crippen LogP contribution >= 0.6 is 0 Å². The van der Waals surface area contributed by atoms with Crippen molar-refractivity contribution in [1.29, 1.82) is 0 Å². The monoisotopic (exact) mass is 133 g/mol. The highest BCUT2D eigenvalue weighted by Crippen LogP contribution is 2.18. The van der Waals surface area contributed by atoms with Crippen molar-refractivity contribution in [3.8, 4) is 0 Å². The quantitative estimate of drug-likeness (QED) is 0.568. The molecule has 2 nitrogen and oxygen atoms in total. The van der Waals surface area contributed by atoms with Gasteiger partial charge >= 0.3 is 0 Å². The van der Waals surface area contributed by atoms with Gasteiger partial charge in [0.2, 0.25) is 0 Å². The number of aliphatic hydroxyl groups excluding tert-OH is 1. The highest BCUT2D eigenvalue weighted by Gasteiger charge is 2.20. The average molecular weight is 133 g/mol. The van der Waals surface area contributed by atoms with Gasteiger partial charge < -0.3 is 10.4 Å². The van der Waals surface area contributed by atoms with Crippen LogP contribution in [0.3, 0.4) is 0 Å². The van der Waals surface area contributed by atoms with Gasteiger partial charge in [0.15, 0.2) is 0 Å². The largest absolute Gasteiger partial charge is 0.389 e. The molecule has 0 spiro atoms. The Morgan fingerprint density at radius 1 is 1.67 bits per heavy atom. The third kappa shape index (κ3) is 2.77. The molecule has 1 aliphatic rings. The van der Waals surface area contributed by atoms with Crippen LogP contribution < -0.4 is 5.32 Å². The summed E-state index contributed by atoms with van der Waals surface area (Å²) in [7, 11) is 0. The lowest BCUT2D eigenvalue weighted by molar-refractivity contribution is 0.137. The molecular weight excluding hydrogens is 121 g/mol. The summed E-state index contributed by atoms with van der Waals surface area (Å²) in [5, 5.41) is 11.7. The van der Waals surface area contributed by atoms with Crippen LogP contribution in [-0.4, -0.2) is 30.5 Å². The molecule has 0 heterocycles. The van der Waals surface area contributed by atoms with Crippen LogP contribution in [0.15, 0.2) is 0 Å². The summed E-state index contributed by atoms with van der Waals surface area (Å²) in [6, 6.07) is 0.561. The highest BCUT2D eigenvalue weighted by atomic mass is 19.1. The summed E-state index contributed by atoms with van der Waals surface area (Å²) in [6.45, 7) is -0.235. The number of nitrogens with one attached hydrogen (secondary N) is 1. The van der Waals surface area contributed by atoms with E-state index in [1.165, 1.54) is 12.8 Å². The number of aliphatic hydroxyl groups is 1. The van der Waals surface area contributed by atoms with Gasteiger partial charge in [-0.05, 0) is 12.8 Å². The van der Waals surface area contributed by atoms with Gasteiger partial charge in [0.05, 0.1) is 6.10 Å². The first kappa shape index (κ1) is 6.96. The first-order valence-electron chi connectivity index (χ1n) is 3.30. The van der Waals surface area contributed by atoms with Crippen molar-refractivity contribution in [2.75, 3.05) is 13.2 Å². The van der Waals surface area contributed by atoms with Crippen LogP contribution in [0.25, 0.3) is 0 Å². The highest BCUT2D eigenvalue weighted by molar-refractivity contribution is 4.81. The minimum absolute atomic E-state index is 0.404. The fourth-order valence-electron chi connectivity index (χ4n) is 0.645. The third-order valence-electron chi connectivity index (χ3n) is 1.40. The number of hydrogen-bond donors (Lipinski definition) is 2. The van der Waals surface area contributed by atoms with Crippen LogP contribution in [0.4, 0.5) is 4.39 Å². The lowest BCUT2D eigenvalue weighted by Gasteiger charge is -2.05. The minimum atomic E-state index is -0.800. The van der Waals surface area contributed by atoms with Crippen LogP contribution in [0, 0.1) is 0 Å². The Hall–Kier alpha value is -0.150. The molecule has 2 N–H and O–H groups in total. The predicted molar refractivity (Wildman–Crippen MR) is 33.0 cm³/mol. The van der Waals surface area contributed by atoms with E-state index in [1.807, 2.05) is 0 Å². The van der Waals surface area contributed by atoms with Crippen molar-refractivity contribution >= 4 is 0 Å². The van der Waals surface area contributed by atoms with Crippen LogP contribution in [0.5, 0.6) is 0 Å². The Balaban J connectivity index is 1.90. The molecule has 1 saturated carbocycles. The van der Waals surface area contributed by atoms with E-state index >= 15 is 0 Å². The van der Waals surface area contributed by atoms with Crippen LogP contribution in [0.1, 0.15) is 12.8 Å². The molecule has 0 aliphatic heterocycles. The van der Waals surface area contributed by atoms with E-state index in [-0.39, 0.29) is 0 Å². The van der Waals surface area contributed by atoms with Gasteiger partial charge in [-0.3, -0.25) is 0 Å². The van der Waals surface area contributed by atoms with Gasteiger partial charge in [0.1, 0.15) is 6.67 Å². The van der Waals surface area contributed by atoms with Crippen molar-refractivity contribution in [2.24, 2.45) is 0 Å². The topological polar surface area (TPSA) is 32.3 Å². The molecule has 0 radical (unpaired) electrons. The molecule has 0 bridgehead atoms. The van der Waals surface area contributed by atoms with Gasteiger partial charge in [-0.1, -0.05) is 0 Å². The Labute approximate surface area is 54.1 Å². The summed E-state index contributed by atoms with van der Waals surface area (Å²) in [5.74, 6) is 0. The van der Waals surface area contributed by atoms with E-state index in [4.69, 9.17) is 5.11 Å². The minimum Gasteiger partial charge on any atom is -0.389 e. The van der Waals surface area contributed by atoms with Crippen LogP contribution in [-0.2, 0) is 0 Å². The first-order chi connectivity index (χ1) is 4.33. The van der Waals surface area contributed by atoms with Gasteiger partial charge in [-0.2, -0.15) is 0 Å². The molecule has 1 atom stereocenters. The molecule has 0 aromatic heterocycles. The van der Waals surface area contributed by atoms with Crippen molar-refractivity contribution in [3.05, 3.63) is 0 Å². The lowest BCUT2D eigenvalue weighted by atomic mass is 10.4. The van der Waals surface area contributed by atoms with Gasteiger partial charge in [-0.15, -0.1) is 0 Å². The molecule has 0 aromatic rings. The SMILES string of the molecule is OC(CF)CNC1CC1. The van der Waals surface area contributed by atoms with E-state index in [2.05, 4.69) is 5.32 Å². The summed E-state index contributed by atoms with van der Waals surface area (Å²) in [6.07, 6.45) is 1.56. The second kappa shape index (κ2) is 3.13. The fourth-order valence-corrected chi connectivity index (χ4v) is 0.645. The number of alkyl halides is 1. The van der Waals surface area contributed by atoms with Gasteiger partial charge in [0.25, 0.3) is 0 Å². The van der Waals surface area contributed by atoms with E-state index in [0.717, 1.165) is 0 Å². The zero-order valence-corrected chi connectivity index (χ0v) is 5.31. The molecule has 0 saturated heterocycles. The molecular formula is C6H12FNO. The van der Waals surface area contributed by atoms with E-state index in [1.54, 1.807) is 0 Å². The Bertz CT molecular complexity index is 85.1. The number of hydrogen-bond acceptors (Lipinski definition) is 2. The predicted octanol–water partition coefficient (Wildman–Crippen LogP) is 0.0688. The maximum Gasteiger partial charge on any atom is 0.117 e. The molecule has 54 valence electrons. The van der Waals surface area contributed by atoms with Crippen molar-refractivity contribution < 1.29 is 9.50 Å². The zero-order valence-electron chi connectivity index (χ0n) is 5.31. The second-order valence-electron chi connectivity index (χ2n) is 2.49. The summed E-state index contributed by atoms with van der Waals surface area (Å²) in [5.41, 5.74) is 0. The smallest absolute Gasteiger partial charge is 0.117 e. The van der Waals surface area contributed by atoms with Crippen molar-refractivity contribution in [2.45, 2.75) is 25.0 Å². The normalized spacial score (nSPS) is 22.0. The zero-order chi connectivity index (χ0) is 6.69. The standard InChI is InChI=1S/C6H12FNO/c7-3-6(9)4-8-5-1-2-5/h5-6,8-9H,1-4H2. The van der Waals surface area contributed by atoms with E-state index < -0.39 is 12.8 Å². The molecule has 1 rings (SSSR count). The van der Waals surface area contributed by atoms with Crippen molar-refractivity contribution in [3.63, 3.8) is 0 Å². The Morgan fingerprint density at radius 2 is 2.33 bits per heavy atom. The number of rotatable bonds is 4. The molecule has 1 aliphatic carbocycles. The Kier molecular flexibility index (Phi) is 2.42. The molecule has 9 heavy (non-hydrogen) atoms. The molecule has 0 aromatic carbocycles. The summed E-state index contributed by atoms with van der Waals surface area (Å²) < 4.78 is 11.6. The van der Waals surface area contributed by atoms with Gasteiger partial charge in [-0.25, -0.2) is 4.39 Å².